The van der Waals surface area contributed by atoms with Crippen LogP contribution < -0.4 is 0 Å². The molecule has 0 amide bonds. The Morgan fingerprint density at radius 3 is 1.73 bits per heavy atom. The maximum Gasteiger partial charge on any atom is 0.123 e. The standard InChI is InChI=1S/C48H31FN2/c49-36-25-28-46-42(31-36)41-30-35(38-20-12-22-47-48(38)39-19-10-11-21-43(39)50(47)37-17-8-3-9-18-37)24-27-45(41)51(46)44-26-23-34(32-13-4-1-5-14-32)29-40(44)33-15-6-2-7-16-33/h1-31H. The lowest BCUT2D eigenvalue weighted by molar-refractivity contribution is 0.629. The third-order valence-electron chi connectivity index (χ3n) is 10.2. The van der Waals surface area contributed by atoms with E-state index < -0.39 is 0 Å². The van der Waals surface area contributed by atoms with Gasteiger partial charge in [-0.3, -0.25) is 0 Å². The monoisotopic (exact) mass is 654 g/mol. The molecule has 0 aliphatic rings. The van der Waals surface area contributed by atoms with Crippen LogP contribution in [0.1, 0.15) is 0 Å². The molecule has 2 aromatic heterocycles. The number of hydrogen-bond acceptors (Lipinski definition) is 0. The average Bonchev–Trinajstić information content (AvgIpc) is 3.71. The fraction of sp³-hybridized carbons (Fsp3) is 0. The first-order valence-electron chi connectivity index (χ1n) is 17.3. The molecule has 240 valence electrons. The molecule has 2 nitrogen and oxygen atoms in total. The summed E-state index contributed by atoms with van der Waals surface area (Å²) in [5, 5.41) is 4.30. The van der Waals surface area contributed by atoms with Crippen LogP contribution in [0, 0.1) is 5.82 Å². The summed E-state index contributed by atoms with van der Waals surface area (Å²) in [6.07, 6.45) is 0. The zero-order valence-electron chi connectivity index (χ0n) is 27.7. The lowest BCUT2D eigenvalue weighted by Crippen LogP contribution is -1.98. The molecule has 2 heterocycles. The molecule has 0 bridgehead atoms. The fourth-order valence-corrected chi connectivity index (χ4v) is 7.93. The minimum Gasteiger partial charge on any atom is -0.309 e. The number of benzene rings is 8. The summed E-state index contributed by atoms with van der Waals surface area (Å²) in [6, 6.07) is 65.2. The number of rotatable bonds is 5. The van der Waals surface area contributed by atoms with Crippen molar-refractivity contribution in [2.24, 2.45) is 0 Å². The van der Waals surface area contributed by atoms with E-state index in [1.165, 1.54) is 16.3 Å². The van der Waals surface area contributed by atoms with Gasteiger partial charge in [0.15, 0.2) is 0 Å². The van der Waals surface area contributed by atoms with E-state index in [-0.39, 0.29) is 5.82 Å². The number of nitrogens with zero attached hydrogens (tertiary/aromatic N) is 2. The summed E-state index contributed by atoms with van der Waals surface area (Å²) in [7, 11) is 0. The number of hydrogen-bond donors (Lipinski definition) is 0. The summed E-state index contributed by atoms with van der Waals surface area (Å²) in [6.45, 7) is 0. The van der Waals surface area contributed by atoms with Gasteiger partial charge in [-0.05, 0) is 94.5 Å². The molecular weight excluding hydrogens is 624 g/mol. The second-order valence-electron chi connectivity index (χ2n) is 13.1. The van der Waals surface area contributed by atoms with Crippen LogP contribution in [0.5, 0.6) is 0 Å². The van der Waals surface area contributed by atoms with Gasteiger partial charge in [0.2, 0.25) is 0 Å². The van der Waals surface area contributed by atoms with Crippen molar-refractivity contribution in [3.63, 3.8) is 0 Å². The predicted octanol–water partition coefficient (Wildman–Crippen LogP) is 13.0. The Balaban J connectivity index is 1.23. The van der Waals surface area contributed by atoms with Crippen molar-refractivity contribution in [1.82, 2.24) is 9.13 Å². The van der Waals surface area contributed by atoms with Crippen molar-refractivity contribution in [2.45, 2.75) is 0 Å². The molecule has 0 radical (unpaired) electrons. The van der Waals surface area contributed by atoms with Gasteiger partial charge in [0.1, 0.15) is 5.82 Å². The molecule has 0 saturated carbocycles. The summed E-state index contributed by atoms with van der Waals surface area (Å²) >= 11 is 0. The lowest BCUT2D eigenvalue weighted by atomic mass is 9.97. The van der Waals surface area contributed by atoms with E-state index >= 15 is 4.39 Å². The molecule has 0 aliphatic carbocycles. The van der Waals surface area contributed by atoms with E-state index in [2.05, 4.69) is 167 Å². The zero-order valence-corrected chi connectivity index (χ0v) is 27.7. The van der Waals surface area contributed by atoms with Crippen LogP contribution in [0.3, 0.4) is 0 Å². The topological polar surface area (TPSA) is 9.86 Å². The van der Waals surface area contributed by atoms with Crippen LogP contribution in [0.15, 0.2) is 188 Å². The fourth-order valence-electron chi connectivity index (χ4n) is 7.93. The Kier molecular flexibility index (Phi) is 6.71. The highest BCUT2D eigenvalue weighted by molar-refractivity contribution is 6.17. The van der Waals surface area contributed by atoms with Crippen LogP contribution in [-0.2, 0) is 0 Å². The first kappa shape index (κ1) is 29.2. The molecular formula is C48H31FN2. The van der Waals surface area contributed by atoms with E-state index in [1.54, 1.807) is 12.1 Å². The molecule has 0 saturated heterocycles. The molecule has 0 atom stereocenters. The Morgan fingerprint density at radius 1 is 0.333 bits per heavy atom. The van der Waals surface area contributed by atoms with Crippen LogP contribution in [-0.4, -0.2) is 9.13 Å². The maximum absolute atomic E-state index is 15.1. The van der Waals surface area contributed by atoms with Gasteiger partial charge >= 0.3 is 0 Å². The Hall–Kier alpha value is -6.71. The maximum atomic E-state index is 15.1. The van der Waals surface area contributed by atoms with Crippen LogP contribution in [0.4, 0.5) is 4.39 Å². The first-order valence-corrected chi connectivity index (χ1v) is 17.3. The minimum absolute atomic E-state index is 0.248. The van der Waals surface area contributed by atoms with Crippen molar-refractivity contribution in [1.29, 1.82) is 0 Å². The highest BCUT2D eigenvalue weighted by Gasteiger charge is 2.20. The molecule has 0 N–H and O–H groups in total. The Labute approximate surface area is 294 Å². The van der Waals surface area contributed by atoms with Gasteiger partial charge in [-0.25, -0.2) is 4.39 Å². The third-order valence-corrected chi connectivity index (χ3v) is 10.2. The van der Waals surface area contributed by atoms with Crippen molar-refractivity contribution in [2.75, 3.05) is 0 Å². The smallest absolute Gasteiger partial charge is 0.123 e. The minimum atomic E-state index is -0.248. The highest BCUT2D eigenvalue weighted by Crippen LogP contribution is 2.42. The second-order valence-corrected chi connectivity index (χ2v) is 13.1. The van der Waals surface area contributed by atoms with Crippen molar-refractivity contribution in [3.05, 3.63) is 194 Å². The van der Waals surface area contributed by atoms with E-state index in [4.69, 9.17) is 0 Å². The first-order chi connectivity index (χ1) is 25.2. The molecule has 3 heteroatoms. The van der Waals surface area contributed by atoms with Crippen LogP contribution in [0.25, 0.3) is 88.4 Å². The molecule has 0 fully saturated rings. The van der Waals surface area contributed by atoms with Gasteiger partial charge in [-0.15, -0.1) is 0 Å². The number of halogens is 1. The van der Waals surface area contributed by atoms with Gasteiger partial charge in [0.25, 0.3) is 0 Å². The van der Waals surface area contributed by atoms with Crippen molar-refractivity contribution in [3.8, 4) is 44.8 Å². The summed E-state index contributed by atoms with van der Waals surface area (Å²) < 4.78 is 19.8. The predicted molar refractivity (Wildman–Crippen MR) is 211 cm³/mol. The number of aromatic nitrogens is 2. The zero-order chi connectivity index (χ0) is 33.9. The summed E-state index contributed by atoms with van der Waals surface area (Å²) in [5.41, 5.74) is 13.3. The molecule has 0 unspecified atom stereocenters. The largest absolute Gasteiger partial charge is 0.309 e. The van der Waals surface area contributed by atoms with Crippen molar-refractivity contribution >= 4 is 43.6 Å². The molecule has 10 aromatic rings. The van der Waals surface area contributed by atoms with Gasteiger partial charge in [0.05, 0.1) is 27.8 Å². The van der Waals surface area contributed by atoms with Gasteiger partial charge in [0, 0.05) is 32.8 Å². The van der Waals surface area contributed by atoms with Crippen LogP contribution in [0.2, 0.25) is 0 Å². The SMILES string of the molecule is Fc1ccc2c(c1)c1cc(-c3cccc4c3c3ccccc3n4-c3ccccc3)ccc1n2-c1ccc(-c2ccccc2)cc1-c1ccccc1. The number of para-hydroxylation sites is 2. The normalized spacial score (nSPS) is 11.6. The molecule has 8 aromatic carbocycles. The third kappa shape index (κ3) is 4.70. The summed E-state index contributed by atoms with van der Waals surface area (Å²) in [5.74, 6) is -0.248. The van der Waals surface area contributed by atoms with E-state index in [1.807, 2.05) is 18.2 Å². The highest BCUT2D eigenvalue weighted by atomic mass is 19.1. The van der Waals surface area contributed by atoms with E-state index in [9.17, 15) is 0 Å². The molecule has 0 aliphatic heterocycles. The van der Waals surface area contributed by atoms with Crippen LogP contribution >= 0.6 is 0 Å². The van der Waals surface area contributed by atoms with Crippen molar-refractivity contribution < 1.29 is 4.39 Å². The lowest BCUT2D eigenvalue weighted by Gasteiger charge is -2.16. The summed E-state index contributed by atoms with van der Waals surface area (Å²) in [4.78, 5) is 0. The molecule has 0 spiro atoms. The average molecular weight is 655 g/mol. The Morgan fingerprint density at radius 2 is 0.941 bits per heavy atom. The number of fused-ring (bicyclic) bond motifs is 6. The van der Waals surface area contributed by atoms with Gasteiger partial charge in [-0.1, -0.05) is 121 Å². The van der Waals surface area contributed by atoms with E-state index in [0.717, 1.165) is 72.1 Å². The van der Waals surface area contributed by atoms with Gasteiger partial charge in [-0.2, -0.15) is 0 Å². The Bertz CT molecular complexity index is 2900. The second kappa shape index (κ2) is 11.7. The molecule has 10 rings (SSSR count). The van der Waals surface area contributed by atoms with E-state index in [0.29, 0.717) is 0 Å². The quantitative estimate of drug-likeness (QED) is 0.175. The molecule has 51 heavy (non-hydrogen) atoms. The van der Waals surface area contributed by atoms with Gasteiger partial charge < -0.3 is 9.13 Å².